The lowest BCUT2D eigenvalue weighted by atomic mass is 9.87. The molecule has 6 N–H and O–H groups in total. The van der Waals surface area contributed by atoms with Gasteiger partial charge in [0.05, 0.1) is 23.0 Å². The number of hydrogen-bond acceptors (Lipinski definition) is 4. The molecular formula is C24H50N2O4. The number of hydrogen-bond donors (Lipinski definition) is 2. The molecule has 0 aliphatic heterocycles. The zero-order chi connectivity index (χ0) is 24.4. The van der Waals surface area contributed by atoms with E-state index < -0.39 is 11.9 Å². The van der Waals surface area contributed by atoms with Crippen LogP contribution in [0.25, 0.3) is 0 Å². The highest BCUT2D eigenvalue weighted by molar-refractivity contribution is 5.87. The Morgan fingerprint density at radius 1 is 0.800 bits per heavy atom. The minimum atomic E-state index is -1.55. The minimum absolute atomic E-state index is 0.324. The molecule has 0 amide bonds. The van der Waals surface area contributed by atoms with Crippen molar-refractivity contribution < 1.29 is 31.3 Å². The van der Waals surface area contributed by atoms with Crippen LogP contribution in [0.2, 0.25) is 0 Å². The SMILES string of the molecule is CCCC(C)([NH3+])CCC(C)C.CCCCC(C)([NH3+])CC(C)C.O=C([O-])/C=C/C(=O)[O-]. The van der Waals surface area contributed by atoms with Crippen molar-refractivity contribution in [2.24, 2.45) is 11.8 Å². The standard InChI is InChI=1S/2C10H23N.C4H4O4/c1-5-7-10(4,11)8-6-9(2)3;1-5-6-7-10(4,11)8-9(2)3;5-3(6)1-2-4(7)8/h2*9H,5-8,11H2,1-4H3;1-2H,(H,5,6)(H,7,8)/b;;2-1+. The van der Waals surface area contributed by atoms with E-state index in [9.17, 15) is 19.8 Å². The summed E-state index contributed by atoms with van der Waals surface area (Å²) in [6.07, 6.45) is 11.0. The van der Waals surface area contributed by atoms with E-state index in [1.54, 1.807) is 0 Å². The van der Waals surface area contributed by atoms with Gasteiger partial charge in [-0.3, -0.25) is 0 Å². The average Bonchev–Trinajstić information content (AvgIpc) is 2.56. The van der Waals surface area contributed by atoms with Crippen LogP contribution in [0, 0.1) is 11.8 Å². The number of rotatable bonds is 12. The second-order valence-electron chi connectivity index (χ2n) is 9.98. The Bertz CT molecular complexity index is 454. The molecule has 0 rings (SSSR count). The van der Waals surface area contributed by atoms with E-state index in [2.05, 4.69) is 66.9 Å². The van der Waals surface area contributed by atoms with Gasteiger partial charge >= 0.3 is 0 Å². The minimum Gasteiger partial charge on any atom is -0.545 e. The summed E-state index contributed by atoms with van der Waals surface area (Å²) in [5.41, 5.74) is 9.14. The smallest absolute Gasteiger partial charge is 0.0919 e. The van der Waals surface area contributed by atoms with Crippen LogP contribution in [0.4, 0.5) is 0 Å². The first-order chi connectivity index (χ1) is 13.6. The molecular weight excluding hydrogens is 380 g/mol. The van der Waals surface area contributed by atoms with Gasteiger partial charge in [0, 0.05) is 25.7 Å². The molecule has 0 aromatic heterocycles. The van der Waals surface area contributed by atoms with Crippen LogP contribution in [-0.2, 0) is 9.59 Å². The summed E-state index contributed by atoms with van der Waals surface area (Å²) in [5, 5.41) is 18.8. The molecule has 0 saturated heterocycles. The van der Waals surface area contributed by atoms with E-state index >= 15 is 0 Å². The second-order valence-corrected chi connectivity index (χ2v) is 9.98. The van der Waals surface area contributed by atoms with E-state index in [1.165, 1.54) is 51.4 Å². The lowest BCUT2D eigenvalue weighted by Crippen LogP contribution is -2.71. The molecule has 2 atom stereocenters. The summed E-state index contributed by atoms with van der Waals surface area (Å²) in [6.45, 7) is 18.1. The fourth-order valence-electron chi connectivity index (χ4n) is 3.19. The van der Waals surface area contributed by atoms with Gasteiger partial charge in [-0.1, -0.05) is 54.4 Å². The van der Waals surface area contributed by atoms with Crippen molar-refractivity contribution >= 4 is 11.9 Å². The highest BCUT2D eigenvalue weighted by atomic mass is 16.4. The van der Waals surface area contributed by atoms with Crippen LogP contribution >= 0.6 is 0 Å². The van der Waals surface area contributed by atoms with Crippen molar-refractivity contribution in [3.05, 3.63) is 12.2 Å². The molecule has 0 aliphatic carbocycles. The van der Waals surface area contributed by atoms with Crippen LogP contribution in [0.1, 0.15) is 107 Å². The molecule has 6 heteroatoms. The molecule has 0 heterocycles. The summed E-state index contributed by atoms with van der Waals surface area (Å²) in [6, 6.07) is 0. The van der Waals surface area contributed by atoms with E-state index in [0.29, 0.717) is 23.2 Å². The predicted molar refractivity (Wildman–Crippen MR) is 120 cm³/mol. The van der Waals surface area contributed by atoms with E-state index in [1.807, 2.05) is 0 Å². The van der Waals surface area contributed by atoms with Gasteiger partial charge in [0.25, 0.3) is 0 Å². The number of carboxylic acid groups (broad SMARTS) is 2. The summed E-state index contributed by atoms with van der Waals surface area (Å²) < 4.78 is 0. The quantitative estimate of drug-likeness (QED) is 0.453. The zero-order valence-corrected chi connectivity index (χ0v) is 21.0. The topological polar surface area (TPSA) is 136 Å². The average molecular weight is 431 g/mol. The van der Waals surface area contributed by atoms with Gasteiger partial charge in [-0.2, -0.15) is 0 Å². The maximum absolute atomic E-state index is 9.41. The van der Waals surface area contributed by atoms with Crippen molar-refractivity contribution in [3.63, 3.8) is 0 Å². The molecule has 0 spiro atoms. The third-order valence-electron chi connectivity index (χ3n) is 4.57. The lowest BCUT2D eigenvalue weighted by Gasteiger charge is -2.22. The molecule has 180 valence electrons. The fourth-order valence-corrected chi connectivity index (χ4v) is 3.19. The number of carboxylic acids is 2. The number of aliphatic carboxylic acids is 2. The van der Waals surface area contributed by atoms with Crippen molar-refractivity contribution in [2.75, 3.05) is 0 Å². The van der Waals surface area contributed by atoms with Crippen LogP contribution < -0.4 is 21.7 Å². The third kappa shape index (κ3) is 31.3. The largest absolute Gasteiger partial charge is 0.545 e. The molecule has 0 radical (unpaired) electrons. The fraction of sp³-hybridized carbons (Fsp3) is 0.833. The molecule has 0 bridgehead atoms. The number of quaternary nitrogens is 2. The summed E-state index contributed by atoms with van der Waals surface area (Å²) >= 11 is 0. The van der Waals surface area contributed by atoms with Gasteiger partial charge in [0.2, 0.25) is 0 Å². The van der Waals surface area contributed by atoms with E-state index in [-0.39, 0.29) is 0 Å². The Kier molecular flexibility index (Phi) is 20.4. The molecule has 2 unspecified atom stereocenters. The summed E-state index contributed by atoms with van der Waals surface area (Å²) in [4.78, 5) is 18.8. The normalized spacial score (nSPS) is 14.9. The Morgan fingerprint density at radius 2 is 1.27 bits per heavy atom. The Hall–Kier alpha value is -1.40. The van der Waals surface area contributed by atoms with Crippen LogP contribution in [0.5, 0.6) is 0 Å². The van der Waals surface area contributed by atoms with E-state index in [4.69, 9.17) is 0 Å². The summed E-state index contributed by atoms with van der Waals surface area (Å²) in [7, 11) is 0. The van der Waals surface area contributed by atoms with Gasteiger partial charge in [0.1, 0.15) is 0 Å². The van der Waals surface area contributed by atoms with E-state index in [0.717, 1.165) is 11.8 Å². The Balaban J connectivity index is -0.000000370. The first kappa shape index (κ1) is 33.2. The van der Waals surface area contributed by atoms with Crippen molar-refractivity contribution in [3.8, 4) is 0 Å². The van der Waals surface area contributed by atoms with Gasteiger partial charge in [0.15, 0.2) is 0 Å². The third-order valence-corrected chi connectivity index (χ3v) is 4.57. The molecule has 0 aromatic rings. The highest BCUT2D eigenvalue weighted by Gasteiger charge is 2.22. The first-order valence-corrected chi connectivity index (χ1v) is 11.4. The van der Waals surface area contributed by atoms with Crippen molar-refractivity contribution in [2.45, 2.75) is 118 Å². The molecule has 30 heavy (non-hydrogen) atoms. The van der Waals surface area contributed by atoms with Gasteiger partial charge < -0.3 is 31.3 Å². The molecule has 0 saturated carbocycles. The molecule has 0 aliphatic rings. The molecule has 0 fully saturated rings. The maximum atomic E-state index is 9.41. The number of carbonyl (C=O) groups is 2. The van der Waals surface area contributed by atoms with Gasteiger partial charge in [-0.15, -0.1) is 0 Å². The molecule has 6 nitrogen and oxygen atoms in total. The zero-order valence-electron chi connectivity index (χ0n) is 21.0. The Labute approximate surface area is 185 Å². The first-order valence-electron chi connectivity index (χ1n) is 11.4. The van der Waals surface area contributed by atoms with Crippen LogP contribution in [-0.4, -0.2) is 23.0 Å². The van der Waals surface area contributed by atoms with Crippen molar-refractivity contribution in [1.29, 1.82) is 0 Å². The Morgan fingerprint density at radius 3 is 1.57 bits per heavy atom. The van der Waals surface area contributed by atoms with Crippen LogP contribution in [0.3, 0.4) is 0 Å². The maximum Gasteiger partial charge on any atom is 0.0919 e. The van der Waals surface area contributed by atoms with Gasteiger partial charge in [-0.25, -0.2) is 0 Å². The number of carbonyl (C=O) groups excluding carboxylic acids is 2. The highest BCUT2D eigenvalue weighted by Crippen LogP contribution is 2.18. The molecule has 0 aromatic carbocycles. The lowest BCUT2D eigenvalue weighted by molar-refractivity contribution is -0.477. The number of unbranched alkanes of at least 4 members (excludes halogenated alkanes) is 1. The van der Waals surface area contributed by atoms with Gasteiger partial charge in [-0.05, 0) is 50.7 Å². The predicted octanol–water partition coefficient (Wildman–Crippen LogP) is 1.49. The van der Waals surface area contributed by atoms with Crippen molar-refractivity contribution in [1.82, 2.24) is 0 Å². The van der Waals surface area contributed by atoms with Crippen LogP contribution in [0.15, 0.2) is 12.2 Å². The second kappa shape index (κ2) is 18.4. The summed E-state index contributed by atoms with van der Waals surface area (Å²) in [5.74, 6) is -1.48. The monoisotopic (exact) mass is 430 g/mol.